The summed E-state index contributed by atoms with van der Waals surface area (Å²) in [6.07, 6.45) is 3.19. The van der Waals surface area contributed by atoms with Crippen molar-refractivity contribution in [3.63, 3.8) is 0 Å². The zero-order valence-electron chi connectivity index (χ0n) is 13.9. The maximum atomic E-state index is 12.6. The molecule has 0 aromatic heterocycles. The van der Waals surface area contributed by atoms with Crippen molar-refractivity contribution in [2.45, 2.75) is 19.3 Å². The number of methoxy groups -OCH3 is 1. The van der Waals surface area contributed by atoms with Gasteiger partial charge in [-0.05, 0) is 48.9 Å². The number of halogens is 1. The third-order valence-electron chi connectivity index (χ3n) is 4.67. The molecule has 0 aliphatic carbocycles. The van der Waals surface area contributed by atoms with Crippen LogP contribution in [0.15, 0.2) is 48.5 Å². The topological polar surface area (TPSA) is 29.5 Å². The van der Waals surface area contributed by atoms with Gasteiger partial charge in [0.2, 0.25) is 0 Å². The first-order valence-corrected chi connectivity index (χ1v) is 8.72. The molecule has 126 valence electrons. The van der Waals surface area contributed by atoms with E-state index in [2.05, 4.69) is 24.3 Å². The largest absolute Gasteiger partial charge is 0.495 e. The quantitative estimate of drug-likeness (QED) is 0.821. The van der Waals surface area contributed by atoms with E-state index in [9.17, 15) is 4.79 Å². The number of hydrogen-bond donors (Lipinski definition) is 0. The zero-order valence-corrected chi connectivity index (χ0v) is 14.6. The van der Waals surface area contributed by atoms with Gasteiger partial charge in [-0.1, -0.05) is 41.9 Å². The molecule has 0 unspecified atom stereocenters. The monoisotopic (exact) mass is 343 g/mol. The van der Waals surface area contributed by atoms with Crippen LogP contribution in [0.1, 0.15) is 28.8 Å². The highest BCUT2D eigenvalue weighted by Crippen LogP contribution is 2.27. The molecule has 1 aliphatic heterocycles. The van der Waals surface area contributed by atoms with Gasteiger partial charge in [0, 0.05) is 18.7 Å². The standard InChI is InChI=1S/C20H22ClNO2/c1-24-19-8-7-17(14-18(19)21)20(23)22-11-9-16(10-12-22)13-15-5-3-2-4-6-15/h2-8,14,16H,9-13H2,1H3. The van der Waals surface area contributed by atoms with Gasteiger partial charge in [-0.25, -0.2) is 0 Å². The SMILES string of the molecule is COc1ccc(C(=O)N2CCC(Cc3ccccc3)CC2)cc1Cl. The molecule has 3 nitrogen and oxygen atoms in total. The fourth-order valence-electron chi connectivity index (χ4n) is 3.27. The van der Waals surface area contributed by atoms with Crippen LogP contribution in [-0.4, -0.2) is 31.0 Å². The Hall–Kier alpha value is -2.00. The van der Waals surface area contributed by atoms with E-state index < -0.39 is 0 Å². The van der Waals surface area contributed by atoms with Crippen LogP contribution < -0.4 is 4.74 Å². The number of benzene rings is 2. The average Bonchev–Trinajstić information content (AvgIpc) is 2.62. The van der Waals surface area contributed by atoms with Gasteiger partial charge in [0.25, 0.3) is 5.91 Å². The molecule has 2 aromatic rings. The van der Waals surface area contributed by atoms with Crippen molar-refractivity contribution in [1.29, 1.82) is 0 Å². The van der Waals surface area contributed by atoms with Crippen LogP contribution >= 0.6 is 11.6 Å². The van der Waals surface area contributed by atoms with Gasteiger partial charge in [0.05, 0.1) is 12.1 Å². The Labute approximate surface area is 148 Å². The summed E-state index contributed by atoms with van der Waals surface area (Å²) in [6, 6.07) is 15.8. The summed E-state index contributed by atoms with van der Waals surface area (Å²) in [5, 5.41) is 0.474. The summed E-state index contributed by atoms with van der Waals surface area (Å²) in [7, 11) is 1.57. The van der Waals surface area contributed by atoms with Crippen molar-refractivity contribution in [2.75, 3.05) is 20.2 Å². The van der Waals surface area contributed by atoms with Gasteiger partial charge < -0.3 is 9.64 Å². The average molecular weight is 344 g/mol. The van der Waals surface area contributed by atoms with Crippen LogP contribution in [0.5, 0.6) is 5.75 Å². The second-order valence-electron chi connectivity index (χ2n) is 6.27. The molecule has 1 fully saturated rings. The molecule has 0 bridgehead atoms. The second-order valence-corrected chi connectivity index (χ2v) is 6.68. The number of rotatable bonds is 4. The maximum Gasteiger partial charge on any atom is 0.253 e. The molecule has 0 radical (unpaired) electrons. The Bertz CT molecular complexity index is 694. The van der Waals surface area contributed by atoms with Gasteiger partial charge in [0.15, 0.2) is 0 Å². The molecule has 2 aromatic carbocycles. The van der Waals surface area contributed by atoms with Crippen LogP contribution in [0.25, 0.3) is 0 Å². The van der Waals surface area contributed by atoms with Crippen LogP contribution in [0, 0.1) is 5.92 Å². The molecule has 0 saturated carbocycles. The highest BCUT2D eigenvalue weighted by atomic mass is 35.5. The minimum Gasteiger partial charge on any atom is -0.495 e. The van der Waals surface area contributed by atoms with Crippen molar-refractivity contribution >= 4 is 17.5 Å². The predicted molar refractivity (Wildman–Crippen MR) is 96.8 cm³/mol. The molecule has 0 spiro atoms. The Kier molecular flexibility index (Phi) is 5.41. The van der Waals surface area contributed by atoms with Gasteiger partial charge >= 0.3 is 0 Å². The molecular formula is C20H22ClNO2. The Morgan fingerprint density at radius 1 is 1.17 bits per heavy atom. The molecule has 1 heterocycles. The normalized spacial score (nSPS) is 15.3. The highest BCUT2D eigenvalue weighted by molar-refractivity contribution is 6.32. The summed E-state index contributed by atoms with van der Waals surface area (Å²) < 4.78 is 5.14. The maximum absolute atomic E-state index is 12.6. The van der Waals surface area contributed by atoms with E-state index in [1.54, 1.807) is 25.3 Å². The van der Waals surface area contributed by atoms with E-state index in [0.29, 0.717) is 22.3 Å². The van der Waals surface area contributed by atoms with Crippen molar-refractivity contribution in [2.24, 2.45) is 5.92 Å². The lowest BCUT2D eigenvalue weighted by molar-refractivity contribution is 0.0690. The third-order valence-corrected chi connectivity index (χ3v) is 4.96. The van der Waals surface area contributed by atoms with Gasteiger partial charge in [-0.2, -0.15) is 0 Å². The van der Waals surface area contributed by atoms with Crippen LogP contribution in [0.3, 0.4) is 0 Å². The van der Waals surface area contributed by atoms with Crippen LogP contribution in [0.4, 0.5) is 0 Å². The number of ether oxygens (including phenoxy) is 1. The lowest BCUT2D eigenvalue weighted by atomic mass is 9.90. The number of carbonyl (C=O) groups is 1. The van der Waals surface area contributed by atoms with Gasteiger partial charge in [-0.15, -0.1) is 0 Å². The van der Waals surface area contributed by atoms with Crippen molar-refractivity contribution < 1.29 is 9.53 Å². The number of carbonyl (C=O) groups excluding carboxylic acids is 1. The minimum absolute atomic E-state index is 0.0534. The number of likely N-dealkylation sites (tertiary alicyclic amines) is 1. The zero-order chi connectivity index (χ0) is 16.9. The van der Waals surface area contributed by atoms with E-state index in [-0.39, 0.29) is 5.91 Å². The fraction of sp³-hybridized carbons (Fsp3) is 0.350. The van der Waals surface area contributed by atoms with Crippen LogP contribution in [-0.2, 0) is 6.42 Å². The summed E-state index contributed by atoms with van der Waals surface area (Å²) >= 11 is 6.13. The Balaban J connectivity index is 1.58. The summed E-state index contributed by atoms with van der Waals surface area (Å²) in [6.45, 7) is 1.61. The first-order valence-electron chi connectivity index (χ1n) is 8.34. The number of piperidine rings is 1. The lowest BCUT2D eigenvalue weighted by Gasteiger charge is -2.32. The predicted octanol–water partition coefficient (Wildman–Crippen LogP) is 4.44. The smallest absolute Gasteiger partial charge is 0.253 e. The molecule has 3 rings (SSSR count). The summed E-state index contributed by atoms with van der Waals surface area (Å²) in [4.78, 5) is 14.6. The Morgan fingerprint density at radius 3 is 2.50 bits per heavy atom. The lowest BCUT2D eigenvalue weighted by Crippen LogP contribution is -2.38. The summed E-state index contributed by atoms with van der Waals surface area (Å²) in [5.41, 5.74) is 2.01. The van der Waals surface area contributed by atoms with Crippen LogP contribution in [0.2, 0.25) is 5.02 Å². The van der Waals surface area contributed by atoms with E-state index in [0.717, 1.165) is 32.4 Å². The van der Waals surface area contributed by atoms with E-state index in [1.807, 2.05) is 11.0 Å². The minimum atomic E-state index is 0.0534. The van der Waals surface area contributed by atoms with Gasteiger partial charge in [-0.3, -0.25) is 4.79 Å². The molecular weight excluding hydrogens is 322 g/mol. The van der Waals surface area contributed by atoms with Crippen molar-refractivity contribution in [3.05, 3.63) is 64.7 Å². The van der Waals surface area contributed by atoms with E-state index in [1.165, 1.54) is 5.56 Å². The Morgan fingerprint density at radius 2 is 1.88 bits per heavy atom. The van der Waals surface area contributed by atoms with E-state index >= 15 is 0 Å². The first-order chi connectivity index (χ1) is 11.7. The van der Waals surface area contributed by atoms with Gasteiger partial charge in [0.1, 0.15) is 5.75 Å². The molecule has 1 aliphatic rings. The number of nitrogens with zero attached hydrogens (tertiary/aromatic N) is 1. The molecule has 1 amide bonds. The third kappa shape index (κ3) is 3.90. The van der Waals surface area contributed by atoms with E-state index in [4.69, 9.17) is 16.3 Å². The van der Waals surface area contributed by atoms with Crippen molar-refractivity contribution in [1.82, 2.24) is 4.90 Å². The number of amides is 1. The molecule has 1 saturated heterocycles. The fourth-order valence-corrected chi connectivity index (χ4v) is 3.53. The first kappa shape index (κ1) is 16.8. The molecule has 0 atom stereocenters. The summed E-state index contributed by atoms with van der Waals surface area (Å²) in [5.74, 6) is 1.29. The highest BCUT2D eigenvalue weighted by Gasteiger charge is 2.24. The second kappa shape index (κ2) is 7.71. The molecule has 4 heteroatoms. The van der Waals surface area contributed by atoms with Crippen molar-refractivity contribution in [3.8, 4) is 5.75 Å². The molecule has 24 heavy (non-hydrogen) atoms. The number of hydrogen-bond acceptors (Lipinski definition) is 2. The molecule has 0 N–H and O–H groups in total.